The first-order chi connectivity index (χ1) is 13.4. The highest BCUT2D eigenvalue weighted by atomic mass is 16.1. The van der Waals surface area contributed by atoms with Gasteiger partial charge in [0.25, 0.3) is 0 Å². The summed E-state index contributed by atoms with van der Waals surface area (Å²) in [7, 11) is 0. The van der Waals surface area contributed by atoms with E-state index in [1.807, 2.05) is 6.20 Å². The molecule has 1 aromatic heterocycles. The molecule has 0 amide bonds. The van der Waals surface area contributed by atoms with E-state index < -0.39 is 0 Å². The van der Waals surface area contributed by atoms with Crippen molar-refractivity contribution in [3.05, 3.63) is 36.2 Å². The van der Waals surface area contributed by atoms with Crippen molar-refractivity contribution < 1.29 is 4.79 Å². The number of fused-ring (bicyclic) bond motifs is 5. The van der Waals surface area contributed by atoms with Crippen molar-refractivity contribution in [1.82, 2.24) is 4.98 Å². The third-order valence-corrected chi connectivity index (χ3v) is 9.78. The first-order valence-electron chi connectivity index (χ1n) is 11.5. The molecule has 3 saturated carbocycles. The highest BCUT2D eigenvalue weighted by Crippen LogP contribution is 2.68. The predicted molar refractivity (Wildman–Crippen MR) is 113 cm³/mol. The Morgan fingerprint density at radius 1 is 1.07 bits per heavy atom. The molecule has 4 aliphatic rings. The second-order valence-corrected chi connectivity index (χ2v) is 10.9. The number of carbonyl (C=O) groups is 1. The van der Waals surface area contributed by atoms with Gasteiger partial charge in [0.15, 0.2) is 0 Å². The molecule has 28 heavy (non-hydrogen) atoms. The van der Waals surface area contributed by atoms with Gasteiger partial charge in [-0.2, -0.15) is 0 Å². The average molecular weight is 378 g/mol. The number of aromatic nitrogens is 1. The van der Waals surface area contributed by atoms with Crippen LogP contribution in [0.3, 0.4) is 0 Å². The Morgan fingerprint density at radius 3 is 2.64 bits per heavy atom. The Bertz CT molecular complexity index is 813. The molecule has 3 fully saturated rings. The van der Waals surface area contributed by atoms with Crippen LogP contribution in [0.25, 0.3) is 5.57 Å². The van der Waals surface area contributed by atoms with Crippen LogP contribution in [-0.4, -0.2) is 10.8 Å². The lowest BCUT2D eigenvalue weighted by atomic mass is 9.42. The van der Waals surface area contributed by atoms with Gasteiger partial charge in [-0.25, -0.2) is 0 Å². The van der Waals surface area contributed by atoms with Crippen molar-refractivity contribution in [2.45, 2.75) is 66.2 Å². The molecule has 4 aliphatic carbocycles. The van der Waals surface area contributed by atoms with Gasteiger partial charge in [-0.05, 0) is 90.2 Å². The zero-order valence-electron chi connectivity index (χ0n) is 17.9. The predicted octanol–water partition coefficient (Wildman–Crippen LogP) is 6.18. The van der Waals surface area contributed by atoms with Gasteiger partial charge in [0.05, 0.1) is 0 Å². The van der Waals surface area contributed by atoms with Gasteiger partial charge >= 0.3 is 0 Å². The molecule has 2 heteroatoms. The summed E-state index contributed by atoms with van der Waals surface area (Å²) in [5.74, 6) is 4.02. The average Bonchev–Trinajstić information content (AvgIpc) is 3.04. The molecule has 8 unspecified atom stereocenters. The Hall–Kier alpha value is -1.44. The molecule has 0 N–H and O–H groups in total. The molecule has 0 saturated heterocycles. The minimum atomic E-state index is 0.246. The summed E-state index contributed by atoms with van der Waals surface area (Å²) in [6.45, 7) is 9.51. The lowest BCUT2D eigenvalue weighted by Crippen LogP contribution is -2.56. The highest BCUT2D eigenvalue weighted by molar-refractivity contribution is 5.84. The minimum absolute atomic E-state index is 0.246. The summed E-state index contributed by atoms with van der Waals surface area (Å²) in [6.07, 6.45) is 14.0. The highest BCUT2D eigenvalue weighted by Gasteiger charge is 2.60. The van der Waals surface area contributed by atoms with Gasteiger partial charge in [-0.1, -0.05) is 39.8 Å². The van der Waals surface area contributed by atoms with Gasteiger partial charge in [0, 0.05) is 24.2 Å². The molecule has 0 aliphatic heterocycles. The van der Waals surface area contributed by atoms with Gasteiger partial charge in [-0.15, -0.1) is 0 Å². The quantitative estimate of drug-likeness (QED) is 0.585. The van der Waals surface area contributed by atoms with Crippen LogP contribution in [0.2, 0.25) is 0 Å². The van der Waals surface area contributed by atoms with E-state index in [9.17, 15) is 4.79 Å². The van der Waals surface area contributed by atoms with E-state index in [0.29, 0.717) is 22.5 Å². The molecule has 0 spiro atoms. The summed E-state index contributed by atoms with van der Waals surface area (Å²) >= 11 is 0. The third-order valence-electron chi connectivity index (χ3n) is 9.78. The first-order valence-corrected chi connectivity index (χ1v) is 11.5. The Labute approximate surface area is 170 Å². The maximum atomic E-state index is 12.7. The number of rotatable bonds is 1. The van der Waals surface area contributed by atoms with Gasteiger partial charge in [0.2, 0.25) is 0 Å². The molecular formula is C26H35NO. The first kappa shape index (κ1) is 18.6. The SMILES string of the molecule is CC1CC2(C)C(CCC3C4CC=C(c5cccnc5)C4(C)CCC32)C(C)C1=O. The van der Waals surface area contributed by atoms with Crippen molar-refractivity contribution >= 4 is 11.4 Å². The molecule has 1 heterocycles. The van der Waals surface area contributed by atoms with E-state index in [4.69, 9.17) is 0 Å². The van der Waals surface area contributed by atoms with Crippen LogP contribution in [0, 0.1) is 46.3 Å². The fraction of sp³-hybridized carbons (Fsp3) is 0.692. The summed E-state index contributed by atoms with van der Waals surface area (Å²) in [5.41, 5.74) is 3.54. The second-order valence-electron chi connectivity index (χ2n) is 10.9. The minimum Gasteiger partial charge on any atom is -0.299 e. The van der Waals surface area contributed by atoms with Crippen LogP contribution in [0.1, 0.15) is 71.8 Å². The van der Waals surface area contributed by atoms with Crippen LogP contribution < -0.4 is 0 Å². The monoisotopic (exact) mass is 377 g/mol. The molecular weight excluding hydrogens is 342 g/mol. The summed E-state index contributed by atoms with van der Waals surface area (Å²) in [5, 5.41) is 0. The zero-order valence-corrected chi connectivity index (χ0v) is 17.9. The standard InChI is InChI=1S/C26H35NO/c1-16-14-26(4)20(17(2)24(16)28)8-7-19-22-10-9-21(18-6-5-13-27-15-18)25(22,3)12-11-23(19)26/h5-6,9,13,15-17,19-20,22-23H,7-8,10-12,14H2,1-4H3. The Kier molecular flexibility index (Phi) is 4.17. The van der Waals surface area contributed by atoms with Crippen molar-refractivity contribution in [3.8, 4) is 0 Å². The van der Waals surface area contributed by atoms with Crippen molar-refractivity contribution in [1.29, 1.82) is 0 Å². The van der Waals surface area contributed by atoms with Crippen LogP contribution in [0.5, 0.6) is 0 Å². The van der Waals surface area contributed by atoms with Gasteiger partial charge in [0.1, 0.15) is 5.78 Å². The van der Waals surface area contributed by atoms with E-state index >= 15 is 0 Å². The lowest BCUT2D eigenvalue weighted by molar-refractivity contribution is -0.153. The number of carbonyl (C=O) groups excluding carboxylic acids is 1. The number of hydrogen-bond donors (Lipinski definition) is 0. The third kappa shape index (κ3) is 2.39. The maximum Gasteiger partial charge on any atom is 0.138 e. The molecule has 5 rings (SSSR count). The van der Waals surface area contributed by atoms with Crippen LogP contribution in [-0.2, 0) is 4.79 Å². The van der Waals surface area contributed by atoms with Crippen molar-refractivity contribution in [2.75, 3.05) is 0 Å². The zero-order chi connectivity index (χ0) is 19.7. The summed E-state index contributed by atoms with van der Waals surface area (Å²) in [6, 6.07) is 4.32. The largest absolute Gasteiger partial charge is 0.299 e. The van der Waals surface area contributed by atoms with E-state index in [2.05, 4.69) is 57.1 Å². The van der Waals surface area contributed by atoms with E-state index in [1.165, 1.54) is 37.7 Å². The number of nitrogens with zero attached hydrogens (tertiary/aromatic N) is 1. The fourth-order valence-corrected chi connectivity index (χ4v) is 8.55. The second kappa shape index (κ2) is 6.28. The fourth-order valence-electron chi connectivity index (χ4n) is 8.55. The number of hydrogen-bond acceptors (Lipinski definition) is 2. The lowest BCUT2D eigenvalue weighted by Gasteiger charge is -2.62. The number of pyridine rings is 1. The van der Waals surface area contributed by atoms with Crippen molar-refractivity contribution in [2.24, 2.45) is 46.3 Å². The Morgan fingerprint density at radius 2 is 1.89 bits per heavy atom. The Balaban J connectivity index is 1.46. The van der Waals surface area contributed by atoms with Gasteiger partial charge in [-0.3, -0.25) is 9.78 Å². The summed E-state index contributed by atoms with van der Waals surface area (Å²) in [4.78, 5) is 17.1. The van der Waals surface area contributed by atoms with Crippen LogP contribution in [0.15, 0.2) is 30.6 Å². The molecule has 0 aromatic carbocycles. The normalized spacial score (nSPS) is 47.7. The van der Waals surface area contributed by atoms with Crippen LogP contribution in [0.4, 0.5) is 0 Å². The molecule has 1 aromatic rings. The summed E-state index contributed by atoms with van der Waals surface area (Å²) < 4.78 is 0. The smallest absolute Gasteiger partial charge is 0.138 e. The van der Waals surface area contributed by atoms with Crippen molar-refractivity contribution in [3.63, 3.8) is 0 Å². The number of ketones is 1. The molecule has 150 valence electrons. The molecule has 0 radical (unpaired) electrons. The number of allylic oxidation sites excluding steroid dienone is 2. The van der Waals surface area contributed by atoms with Gasteiger partial charge < -0.3 is 0 Å². The maximum absolute atomic E-state index is 12.7. The van der Waals surface area contributed by atoms with E-state index in [-0.39, 0.29) is 11.8 Å². The topological polar surface area (TPSA) is 30.0 Å². The van der Waals surface area contributed by atoms with E-state index in [0.717, 1.165) is 24.2 Å². The molecule has 0 bridgehead atoms. The number of Topliss-reactive ketones (excluding diaryl/α,β-unsaturated/α-hetero) is 1. The molecule has 2 nitrogen and oxygen atoms in total. The van der Waals surface area contributed by atoms with Crippen LogP contribution >= 0.6 is 0 Å². The van der Waals surface area contributed by atoms with E-state index in [1.54, 1.807) is 5.57 Å². The molecule has 8 atom stereocenters.